The highest BCUT2D eigenvalue weighted by Gasteiger charge is 2.12. The van der Waals surface area contributed by atoms with Crippen LogP contribution in [0.15, 0.2) is 27.1 Å². The molecule has 0 fully saturated rings. The quantitative estimate of drug-likeness (QED) is 0.844. The number of aromatic carboxylic acids is 1. The molecule has 1 amide bonds. The number of carboxylic acid groups (broad SMARTS) is 1. The van der Waals surface area contributed by atoms with Gasteiger partial charge in [0.05, 0.1) is 6.54 Å². The zero-order chi connectivity index (χ0) is 13.1. The molecule has 0 spiro atoms. The van der Waals surface area contributed by atoms with Crippen LogP contribution in [0.1, 0.15) is 32.6 Å². The molecule has 2 aromatic rings. The lowest BCUT2D eigenvalue weighted by atomic mass is 10.3. The molecule has 18 heavy (non-hydrogen) atoms. The smallest absolute Gasteiger partial charge is 0.371 e. The molecule has 2 heterocycles. The van der Waals surface area contributed by atoms with Gasteiger partial charge < -0.3 is 19.4 Å². The van der Waals surface area contributed by atoms with Gasteiger partial charge in [0.1, 0.15) is 11.5 Å². The molecule has 7 heteroatoms. The summed E-state index contributed by atoms with van der Waals surface area (Å²) in [7, 11) is 0. The molecule has 0 bridgehead atoms. The van der Waals surface area contributed by atoms with Crippen molar-refractivity contribution in [1.82, 2.24) is 10.5 Å². The number of nitrogens with one attached hydrogen (secondary N) is 1. The van der Waals surface area contributed by atoms with E-state index < -0.39 is 11.9 Å². The highest BCUT2D eigenvalue weighted by molar-refractivity contribution is 5.92. The van der Waals surface area contributed by atoms with E-state index in [2.05, 4.69) is 10.5 Å². The Kier molecular flexibility index (Phi) is 3.13. The topological polar surface area (TPSA) is 106 Å². The van der Waals surface area contributed by atoms with E-state index in [1.807, 2.05) is 0 Å². The number of hydrogen-bond donors (Lipinski definition) is 2. The molecular formula is C11H10N2O5. The van der Waals surface area contributed by atoms with E-state index in [0.29, 0.717) is 11.5 Å². The maximum absolute atomic E-state index is 11.6. The Morgan fingerprint density at radius 1 is 1.44 bits per heavy atom. The van der Waals surface area contributed by atoms with Crippen molar-refractivity contribution in [2.24, 2.45) is 0 Å². The average Bonchev–Trinajstić information content (AvgIpc) is 2.94. The van der Waals surface area contributed by atoms with Gasteiger partial charge in [-0.3, -0.25) is 4.79 Å². The fraction of sp³-hybridized carbons (Fsp3) is 0.182. The average molecular weight is 250 g/mol. The van der Waals surface area contributed by atoms with Crippen LogP contribution in [0.2, 0.25) is 0 Å². The summed E-state index contributed by atoms with van der Waals surface area (Å²) in [6.07, 6.45) is 0. The Bertz CT molecular complexity index is 584. The molecule has 7 nitrogen and oxygen atoms in total. The van der Waals surface area contributed by atoms with Crippen molar-refractivity contribution in [3.8, 4) is 0 Å². The van der Waals surface area contributed by atoms with Crippen molar-refractivity contribution in [2.75, 3.05) is 0 Å². The summed E-state index contributed by atoms with van der Waals surface area (Å²) >= 11 is 0. The number of aryl methyl sites for hydroxylation is 1. The summed E-state index contributed by atoms with van der Waals surface area (Å²) < 4.78 is 9.74. The fourth-order valence-electron chi connectivity index (χ4n) is 1.32. The summed E-state index contributed by atoms with van der Waals surface area (Å²) in [6, 6.07) is 4.31. The monoisotopic (exact) mass is 250 g/mol. The zero-order valence-electron chi connectivity index (χ0n) is 9.47. The minimum absolute atomic E-state index is 0.0814. The van der Waals surface area contributed by atoms with Crippen LogP contribution < -0.4 is 5.32 Å². The van der Waals surface area contributed by atoms with Crippen molar-refractivity contribution >= 4 is 11.9 Å². The maximum Gasteiger partial charge on any atom is 0.371 e. The molecule has 0 atom stereocenters. The molecule has 0 aromatic carbocycles. The van der Waals surface area contributed by atoms with E-state index >= 15 is 0 Å². The number of furan rings is 1. The van der Waals surface area contributed by atoms with E-state index in [0.717, 1.165) is 0 Å². The molecule has 2 N–H and O–H groups in total. The van der Waals surface area contributed by atoms with E-state index in [4.69, 9.17) is 14.0 Å². The van der Waals surface area contributed by atoms with Gasteiger partial charge in [-0.1, -0.05) is 5.16 Å². The van der Waals surface area contributed by atoms with Gasteiger partial charge in [-0.05, 0) is 19.1 Å². The minimum Gasteiger partial charge on any atom is -0.475 e. The zero-order valence-corrected chi connectivity index (χ0v) is 9.47. The van der Waals surface area contributed by atoms with Gasteiger partial charge in [0.25, 0.3) is 5.91 Å². The van der Waals surface area contributed by atoms with Crippen LogP contribution in [-0.4, -0.2) is 22.1 Å². The van der Waals surface area contributed by atoms with E-state index in [-0.39, 0.29) is 18.0 Å². The van der Waals surface area contributed by atoms with Crippen molar-refractivity contribution in [1.29, 1.82) is 0 Å². The second-order valence-electron chi connectivity index (χ2n) is 3.58. The molecule has 0 unspecified atom stereocenters. The van der Waals surface area contributed by atoms with Crippen LogP contribution >= 0.6 is 0 Å². The molecule has 94 valence electrons. The maximum atomic E-state index is 11.6. The Morgan fingerprint density at radius 3 is 2.78 bits per heavy atom. The van der Waals surface area contributed by atoms with Crippen LogP contribution in [0.4, 0.5) is 0 Å². The first kappa shape index (κ1) is 11.9. The molecule has 0 aliphatic carbocycles. The predicted molar refractivity (Wildman–Crippen MR) is 58.1 cm³/mol. The molecular weight excluding hydrogens is 240 g/mol. The van der Waals surface area contributed by atoms with Crippen molar-refractivity contribution < 1.29 is 23.6 Å². The van der Waals surface area contributed by atoms with E-state index in [1.54, 1.807) is 6.92 Å². The van der Waals surface area contributed by atoms with Gasteiger partial charge in [0, 0.05) is 6.07 Å². The Morgan fingerprint density at radius 2 is 2.22 bits per heavy atom. The van der Waals surface area contributed by atoms with Gasteiger partial charge in [0.15, 0.2) is 5.69 Å². The molecule has 0 radical (unpaired) electrons. The summed E-state index contributed by atoms with van der Waals surface area (Å²) in [6.45, 7) is 1.76. The number of nitrogens with zero attached hydrogens (tertiary/aromatic N) is 1. The molecule has 2 aromatic heterocycles. The summed E-state index contributed by atoms with van der Waals surface area (Å²) in [4.78, 5) is 22.2. The molecule has 0 aliphatic rings. The summed E-state index contributed by atoms with van der Waals surface area (Å²) in [5.74, 6) is -0.858. The number of amides is 1. The number of carbonyl (C=O) groups excluding carboxylic acids is 1. The molecule has 0 aliphatic heterocycles. The van der Waals surface area contributed by atoms with Crippen molar-refractivity contribution in [3.63, 3.8) is 0 Å². The first-order valence-corrected chi connectivity index (χ1v) is 5.10. The highest BCUT2D eigenvalue weighted by Crippen LogP contribution is 2.08. The van der Waals surface area contributed by atoms with Crippen LogP contribution in [0.25, 0.3) is 0 Å². The molecule has 0 saturated heterocycles. The van der Waals surface area contributed by atoms with Crippen LogP contribution in [0.5, 0.6) is 0 Å². The Labute approximate surface area is 101 Å². The van der Waals surface area contributed by atoms with Gasteiger partial charge in [0.2, 0.25) is 5.76 Å². The van der Waals surface area contributed by atoms with Crippen LogP contribution in [0, 0.1) is 6.92 Å². The number of carboxylic acids is 1. The SMILES string of the molecule is Cc1cc(C(=O)NCc2ccc(C(=O)O)o2)no1. The lowest BCUT2D eigenvalue weighted by molar-refractivity contribution is 0.0660. The number of aromatic nitrogens is 1. The second kappa shape index (κ2) is 4.74. The summed E-state index contributed by atoms with van der Waals surface area (Å²) in [5, 5.41) is 14.7. The van der Waals surface area contributed by atoms with Crippen molar-refractivity contribution in [2.45, 2.75) is 13.5 Å². The third-order valence-corrected chi connectivity index (χ3v) is 2.16. The normalized spacial score (nSPS) is 10.3. The Hall–Kier alpha value is -2.57. The lowest BCUT2D eigenvalue weighted by Crippen LogP contribution is -2.22. The lowest BCUT2D eigenvalue weighted by Gasteiger charge is -1.99. The van der Waals surface area contributed by atoms with E-state index in [9.17, 15) is 9.59 Å². The molecule has 0 saturated carbocycles. The first-order valence-electron chi connectivity index (χ1n) is 5.10. The van der Waals surface area contributed by atoms with Gasteiger partial charge in [-0.2, -0.15) is 0 Å². The third kappa shape index (κ3) is 2.57. The van der Waals surface area contributed by atoms with Gasteiger partial charge in [-0.15, -0.1) is 0 Å². The second-order valence-corrected chi connectivity index (χ2v) is 3.58. The van der Waals surface area contributed by atoms with Crippen molar-refractivity contribution in [3.05, 3.63) is 41.2 Å². The fourth-order valence-corrected chi connectivity index (χ4v) is 1.32. The first-order chi connectivity index (χ1) is 8.56. The molecule has 2 rings (SSSR count). The predicted octanol–water partition coefficient (Wildman–Crippen LogP) is 1.20. The highest BCUT2D eigenvalue weighted by atomic mass is 16.5. The largest absolute Gasteiger partial charge is 0.475 e. The van der Waals surface area contributed by atoms with Gasteiger partial charge >= 0.3 is 5.97 Å². The number of rotatable bonds is 4. The van der Waals surface area contributed by atoms with Crippen LogP contribution in [0.3, 0.4) is 0 Å². The third-order valence-electron chi connectivity index (χ3n) is 2.16. The minimum atomic E-state index is -1.15. The van der Waals surface area contributed by atoms with Crippen LogP contribution in [-0.2, 0) is 6.54 Å². The standard InChI is InChI=1S/C11H10N2O5/c1-6-4-8(13-18-6)10(14)12-5-7-2-3-9(17-7)11(15)16/h2-4H,5H2,1H3,(H,12,14)(H,15,16). The summed E-state index contributed by atoms with van der Waals surface area (Å²) in [5.41, 5.74) is 0.164. The number of hydrogen-bond acceptors (Lipinski definition) is 5. The van der Waals surface area contributed by atoms with Gasteiger partial charge in [-0.25, -0.2) is 4.79 Å². The van der Waals surface area contributed by atoms with E-state index in [1.165, 1.54) is 18.2 Å². The number of carbonyl (C=O) groups is 2. The Balaban J connectivity index is 1.95.